The predicted molar refractivity (Wildman–Crippen MR) is 214 cm³/mol. The lowest BCUT2D eigenvalue weighted by atomic mass is 9.83. The third-order valence-corrected chi connectivity index (χ3v) is 8.62. The Morgan fingerprint density at radius 1 is 1.04 bits per heavy atom. The highest BCUT2D eigenvalue weighted by Crippen LogP contribution is 2.29. The van der Waals surface area contributed by atoms with Crippen molar-refractivity contribution in [2.24, 2.45) is 17.3 Å². The number of para-hydroxylation sites is 1. The molecule has 0 amide bonds. The summed E-state index contributed by atoms with van der Waals surface area (Å²) >= 11 is 0. The summed E-state index contributed by atoms with van der Waals surface area (Å²) in [6, 6.07) is 16.5. The maximum atomic E-state index is 13.0. The van der Waals surface area contributed by atoms with Crippen molar-refractivity contribution in [3.8, 4) is 0 Å². The summed E-state index contributed by atoms with van der Waals surface area (Å²) < 4.78 is 0. The number of carboxylic acid groups (broad SMARTS) is 1. The van der Waals surface area contributed by atoms with E-state index >= 15 is 0 Å². The monoisotopic (exact) mass is 675 g/mol. The molecule has 1 atom stereocenters. The number of nitrogens with zero attached hydrogens (tertiary/aromatic N) is 2. The Labute approximate surface area is 301 Å². The predicted octanol–water partition coefficient (Wildman–Crippen LogP) is 11.6. The van der Waals surface area contributed by atoms with Gasteiger partial charge in [-0.2, -0.15) is 0 Å². The summed E-state index contributed by atoms with van der Waals surface area (Å²) in [5.74, 6) is 0.396. The number of rotatable bonds is 15. The van der Waals surface area contributed by atoms with Crippen molar-refractivity contribution in [3.63, 3.8) is 0 Å². The average molecular weight is 675 g/mol. The minimum Gasteiger partial charge on any atom is -0.481 e. The number of aliphatic carboxylic acids is 1. The zero-order valence-electron chi connectivity index (χ0n) is 33.0. The van der Waals surface area contributed by atoms with Crippen LogP contribution < -0.4 is 4.90 Å². The number of ketones is 1. The number of carbonyl (C=O) groups excluding carboxylic acids is 1. The number of likely N-dealkylation sites (tertiary alicyclic amines) is 1. The van der Waals surface area contributed by atoms with Gasteiger partial charge < -0.3 is 14.9 Å². The van der Waals surface area contributed by atoms with Crippen LogP contribution in [0.25, 0.3) is 0 Å². The number of piperidine rings is 1. The smallest absolute Gasteiger partial charge is 0.313 e. The second kappa shape index (κ2) is 25.5. The molecule has 1 heterocycles. The number of carboxylic acids is 1. The van der Waals surface area contributed by atoms with Gasteiger partial charge in [0.15, 0.2) is 5.78 Å². The molecular formula is C44H70N2O3. The minimum absolute atomic E-state index is 0.240. The first-order valence-electron chi connectivity index (χ1n) is 18.8. The third kappa shape index (κ3) is 16.7. The molecule has 274 valence electrons. The van der Waals surface area contributed by atoms with Gasteiger partial charge in [-0.15, -0.1) is 0 Å². The van der Waals surface area contributed by atoms with Crippen LogP contribution in [0.3, 0.4) is 0 Å². The molecule has 0 bridgehead atoms. The highest BCUT2D eigenvalue weighted by atomic mass is 16.4. The van der Waals surface area contributed by atoms with Crippen LogP contribution in [0.2, 0.25) is 0 Å². The van der Waals surface area contributed by atoms with Crippen LogP contribution in [0.4, 0.5) is 5.69 Å². The Morgan fingerprint density at radius 3 is 2.22 bits per heavy atom. The van der Waals surface area contributed by atoms with E-state index in [4.69, 9.17) is 0 Å². The summed E-state index contributed by atoms with van der Waals surface area (Å²) in [7, 11) is 2.10. The first kappa shape index (κ1) is 45.6. The fourth-order valence-corrected chi connectivity index (χ4v) is 5.81. The topological polar surface area (TPSA) is 60.9 Å². The van der Waals surface area contributed by atoms with Crippen molar-refractivity contribution in [2.45, 2.75) is 114 Å². The second-order valence-corrected chi connectivity index (χ2v) is 13.2. The van der Waals surface area contributed by atoms with Gasteiger partial charge in [-0.1, -0.05) is 122 Å². The maximum absolute atomic E-state index is 13.0. The molecule has 1 unspecified atom stereocenters. The molecular weight excluding hydrogens is 604 g/mol. The van der Waals surface area contributed by atoms with Crippen LogP contribution in [-0.4, -0.2) is 48.4 Å². The zero-order chi connectivity index (χ0) is 37.4. The van der Waals surface area contributed by atoms with E-state index in [1.165, 1.54) is 30.5 Å². The fraction of sp³-hybridized carbons (Fsp3) is 0.545. The lowest BCUT2D eigenvalue weighted by molar-refractivity contribution is -0.144. The fourth-order valence-electron chi connectivity index (χ4n) is 5.81. The van der Waals surface area contributed by atoms with E-state index < -0.39 is 11.4 Å². The van der Waals surface area contributed by atoms with Gasteiger partial charge in [0, 0.05) is 37.8 Å². The van der Waals surface area contributed by atoms with Crippen molar-refractivity contribution < 1.29 is 14.7 Å². The molecule has 49 heavy (non-hydrogen) atoms. The maximum Gasteiger partial charge on any atom is 0.313 e. The van der Waals surface area contributed by atoms with Gasteiger partial charge in [0.05, 0.1) is 5.41 Å². The lowest BCUT2D eigenvalue weighted by Gasteiger charge is -2.33. The first-order valence-corrected chi connectivity index (χ1v) is 18.8. The molecule has 1 aliphatic heterocycles. The van der Waals surface area contributed by atoms with Gasteiger partial charge in [-0.25, -0.2) is 0 Å². The van der Waals surface area contributed by atoms with Crippen molar-refractivity contribution in [2.75, 3.05) is 31.6 Å². The second-order valence-electron chi connectivity index (χ2n) is 13.2. The number of hydrogen-bond donors (Lipinski definition) is 1. The van der Waals surface area contributed by atoms with Crippen LogP contribution >= 0.6 is 0 Å². The molecule has 1 fully saturated rings. The van der Waals surface area contributed by atoms with Crippen LogP contribution in [-0.2, 0) is 11.3 Å². The van der Waals surface area contributed by atoms with E-state index in [1.54, 1.807) is 26.0 Å². The van der Waals surface area contributed by atoms with E-state index in [0.29, 0.717) is 18.3 Å². The highest BCUT2D eigenvalue weighted by molar-refractivity contribution is 5.96. The highest BCUT2D eigenvalue weighted by Gasteiger charge is 2.30. The molecule has 0 radical (unpaired) electrons. The number of carbonyl (C=O) groups is 2. The Morgan fingerprint density at radius 2 is 1.65 bits per heavy atom. The zero-order valence-corrected chi connectivity index (χ0v) is 33.0. The largest absolute Gasteiger partial charge is 0.481 e. The summed E-state index contributed by atoms with van der Waals surface area (Å²) in [6.45, 7) is 27.6. The van der Waals surface area contributed by atoms with Gasteiger partial charge in [0.1, 0.15) is 0 Å². The average Bonchev–Trinajstić information content (AvgIpc) is 3.09. The van der Waals surface area contributed by atoms with E-state index in [1.807, 2.05) is 45.9 Å². The number of allylic oxidation sites excluding steroid dienone is 3. The Hall–Kier alpha value is -3.44. The normalized spacial score (nSPS) is 14.3. The molecule has 1 aliphatic rings. The van der Waals surface area contributed by atoms with Gasteiger partial charge >= 0.3 is 5.97 Å². The van der Waals surface area contributed by atoms with Crippen LogP contribution in [0.5, 0.6) is 0 Å². The first-order chi connectivity index (χ1) is 23.4. The van der Waals surface area contributed by atoms with Gasteiger partial charge in [0.2, 0.25) is 0 Å². The molecule has 3 rings (SSSR count). The standard InChI is InChI=1S/C37H50N2O3.C3H8.2C2H6/c1-7-12-33(37(4,5)36(41)42)20-19-28(2)26-39-23-21-30(22-24-39)14-11-18-35(40)32-16-10-15-31(25-32)27-38(6)34-17-9-8-13-29(34)3;1-3-2;2*1-2/h7-10,12-13,15-17,19-20,25,28,30H,1,11,14,18,21-24,26-27H2,2-6H3,(H,41,42);3H2,1-2H3;2*1-2H3/b20-19-,33-12+;;;. The third-order valence-electron chi connectivity index (χ3n) is 8.62. The van der Waals surface area contributed by atoms with Crippen LogP contribution in [0, 0.1) is 24.2 Å². The van der Waals surface area contributed by atoms with Crippen molar-refractivity contribution in [3.05, 3.63) is 102 Å². The van der Waals surface area contributed by atoms with Crippen molar-refractivity contribution in [1.82, 2.24) is 4.90 Å². The molecule has 0 aliphatic carbocycles. The molecule has 5 nitrogen and oxygen atoms in total. The number of benzene rings is 2. The lowest BCUT2D eigenvalue weighted by Crippen LogP contribution is -2.36. The van der Waals surface area contributed by atoms with E-state index in [9.17, 15) is 14.7 Å². The van der Waals surface area contributed by atoms with Crippen molar-refractivity contribution >= 4 is 17.4 Å². The molecule has 2 aromatic carbocycles. The van der Waals surface area contributed by atoms with Gasteiger partial charge in [0.25, 0.3) is 0 Å². The van der Waals surface area contributed by atoms with Crippen LogP contribution in [0.15, 0.2) is 85.0 Å². The van der Waals surface area contributed by atoms with Crippen LogP contribution in [0.1, 0.15) is 122 Å². The summed E-state index contributed by atoms with van der Waals surface area (Å²) in [5, 5.41) is 9.58. The Bertz CT molecular complexity index is 1280. The SMILES string of the molecule is C=C/C=C(\C=C/C(C)CN1CCC(CCCC(=O)c2cccc(CN(C)c3ccccc3C)c2)CC1)C(C)(C)C(=O)O.CC.CC.CCC. The number of anilines is 1. The molecule has 1 saturated heterocycles. The Balaban J connectivity index is 0.00000306. The number of aryl methyl sites for hydroxylation is 1. The summed E-state index contributed by atoms with van der Waals surface area (Å²) in [4.78, 5) is 29.4. The quantitative estimate of drug-likeness (QED) is 0.150. The number of hydrogen-bond acceptors (Lipinski definition) is 4. The summed E-state index contributed by atoms with van der Waals surface area (Å²) in [5.41, 5.74) is 4.23. The Kier molecular flexibility index (Phi) is 23.7. The van der Waals surface area contributed by atoms with E-state index in [2.05, 4.69) is 93.6 Å². The molecule has 1 N–H and O–H groups in total. The molecule has 0 saturated carbocycles. The minimum atomic E-state index is -0.953. The molecule has 0 aromatic heterocycles. The summed E-state index contributed by atoms with van der Waals surface area (Å²) in [6.07, 6.45) is 13.7. The molecule has 2 aromatic rings. The van der Waals surface area contributed by atoms with Crippen molar-refractivity contribution in [1.29, 1.82) is 0 Å². The number of Topliss-reactive ketones (excluding diaryl/α,β-unsaturated/α-hetero) is 1. The van der Waals surface area contributed by atoms with Gasteiger partial charge in [-0.05, 0) is 100 Å². The van der Waals surface area contributed by atoms with E-state index in [-0.39, 0.29) is 5.78 Å². The van der Waals surface area contributed by atoms with E-state index in [0.717, 1.165) is 55.7 Å². The molecule has 0 spiro atoms. The van der Waals surface area contributed by atoms with Gasteiger partial charge in [-0.3, -0.25) is 9.59 Å². The molecule has 5 heteroatoms.